The first-order chi connectivity index (χ1) is 8.62. The molecule has 3 heterocycles. The number of ether oxygens (including phenoxy) is 1. The molecule has 5 nitrogen and oxygen atoms in total. The average Bonchev–Trinajstić information content (AvgIpc) is 2.95. The summed E-state index contributed by atoms with van der Waals surface area (Å²) in [6.07, 6.45) is 4.54. The number of aromatic nitrogens is 2. The predicted octanol–water partition coefficient (Wildman–Crippen LogP) is 1.82. The molecule has 2 atom stereocenters. The lowest BCUT2D eigenvalue weighted by Crippen LogP contribution is -2.39. The van der Waals surface area contributed by atoms with Crippen LogP contribution < -0.4 is 0 Å². The van der Waals surface area contributed by atoms with Crippen LogP contribution in [0.5, 0.6) is 0 Å². The van der Waals surface area contributed by atoms with Crippen molar-refractivity contribution in [3.8, 4) is 0 Å². The van der Waals surface area contributed by atoms with Gasteiger partial charge in [0.15, 0.2) is 4.96 Å². The molecule has 0 saturated carbocycles. The van der Waals surface area contributed by atoms with Crippen molar-refractivity contribution < 1.29 is 14.6 Å². The van der Waals surface area contributed by atoms with Crippen molar-refractivity contribution in [2.75, 3.05) is 6.61 Å². The Morgan fingerprint density at radius 3 is 3.22 bits per heavy atom. The van der Waals surface area contributed by atoms with Gasteiger partial charge < -0.3 is 9.84 Å². The number of thiazole rings is 1. The molecule has 1 saturated heterocycles. The van der Waals surface area contributed by atoms with Gasteiger partial charge in [-0.3, -0.25) is 9.20 Å². The number of hydrogen-bond donors (Lipinski definition) is 1. The zero-order valence-electron chi connectivity index (χ0n) is 10.00. The lowest BCUT2D eigenvalue weighted by atomic mass is 9.78. The first-order valence-electron chi connectivity index (χ1n) is 5.88. The van der Waals surface area contributed by atoms with Crippen LogP contribution in [0.3, 0.4) is 0 Å². The van der Waals surface area contributed by atoms with Gasteiger partial charge in [0.25, 0.3) is 0 Å². The first-order valence-corrected chi connectivity index (χ1v) is 6.76. The molecule has 2 aromatic heterocycles. The van der Waals surface area contributed by atoms with E-state index in [-0.39, 0.29) is 6.10 Å². The SMILES string of the molecule is CC1OCCC1(Cc1cn2ccsc2n1)C(=O)O. The van der Waals surface area contributed by atoms with Gasteiger partial charge in [-0.2, -0.15) is 0 Å². The van der Waals surface area contributed by atoms with E-state index >= 15 is 0 Å². The van der Waals surface area contributed by atoms with Gasteiger partial charge in [-0.05, 0) is 13.3 Å². The highest BCUT2D eigenvalue weighted by atomic mass is 32.1. The van der Waals surface area contributed by atoms with Gasteiger partial charge in [0.2, 0.25) is 0 Å². The minimum atomic E-state index is -0.829. The number of imidazole rings is 1. The summed E-state index contributed by atoms with van der Waals surface area (Å²) in [5, 5.41) is 11.5. The molecule has 18 heavy (non-hydrogen) atoms. The topological polar surface area (TPSA) is 63.8 Å². The molecule has 0 aliphatic carbocycles. The summed E-state index contributed by atoms with van der Waals surface area (Å²) >= 11 is 1.55. The van der Waals surface area contributed by atoms with Gasteiger partial charge >= 0.3 is 5.97 Å². The summed E-state index contributed by atoms with van der Waals surface area (Å²) in [6.45, 7) is 2.34. The third kappa shape index (κ3) is 1.64. The lowest BCUT2D eigenvalue weighted by molar-refractivity contribution is -0.151. The molecular formula is C12H14N2O3S. The van der Waals surface area contributed by atoms with Crippen molar-refractivity contribution in [3.05, 3.63) is 23.5 Å². The Bertz CT molecular complexity index is 562. The fourth-order valence-electron chi connectivity index (χ4n) is 2.55. The van der Waals surface area contributed by atoms with Crippen LogP contribution >= 0.6 is 11.3 Å². The molecule has 0 radical (unpaired) electrons. The maximum atomic E-state index is 11.6. The molecule has 1 N–H and O–H groups in total. The number of aliphatic carboxylic acids is 1. The van der Waals surface area contributed by atoms with E-state index in [1.807, 2.05) is 29.1 Å². The van der Waals surface area contributed by atoms with E-state index in [0.717, 1.165) is 10.7 Å². The molecule has 96 valence electrons. The summed E-state index contributed by atoms with van der Waals surface area (Å²) in [5.41, 5.74) is -0.00841. The number of fused-ring (bicyclic) bond motifs is 1. The Morgan fingerprint density at radius 2 is 2.61 bits per heavy atom. The van der Waals surface area contributed by atoms with E-state index in [9.17, 15) is 9.90 Å². The van der Waals surface area contributed by atoms with Gasteiger partial charge in [-0.1, -0.05) is 0 Å². The second-order valence-electron chi connectivity index (χ2n) is 4.73. The molecule has 2 unspecified atom stereocenters. The van der Waals surface area contributed by atoms with Crippen LogP contribution in [0.4, 0.5) is 0 Å². The summed E-state index contributed by atoms with van der Waals surface area (Å²) in [4.78, 5) is 16.9. The van der Waals surface area contributed by atoms with Crippen molar-refractivity contribution in [1.82, 2.24) is 9.38 Å². The molecule has 1 aliphatic rings. The molecule has 2 aromatic rings. The van der Waals surface area contributed by atoms with Crippen LogP contribution in [0.1, 0.15) is 19.0 Å². The summed E-state index contributed by atoms with van der Waals surface area (Å²) < 4.78 is 7.37. The van der Waals surface area contributed by atoms with Crippen LogP contribution in [0.2, 0.25) is 0 Å². The molecule has 0 amide bonds. The lowest BCUT2D eigenvalue weighted by Gasteiger charge is -2.26. The number of carboxylic acid groups (broad SMARTS) is 1. The zero-order valence-corrected chi connectivity index (χ0v) is 10.8. The first kappa shape index (κ1) is 11.7. The van der Waals surface area contributed by atoms with E-state index in [0.29, 0.717) is 19.4 Å². The third-order valence-corrected chi connectivity index (χ3v) is 4.53. The Hall–Kier alpha value is -1.40. The molecule has 0 aromatic carbocycles. The van der Waals surface area contributed by atoms with Gasteiger partial charge in [-0.25, -0.2) is 4.98 Å². The molecular weight excluding hydrogens is 252 g/mol. The van der Waals surface area contributed by atoms with Gasteiger partial charge in [0.1, 0.15) is 5.41 Å². The predicted molar refractivity (Wildman–Crippen MR) is 66.9 cm³/mol. The van der Waals surface area contributed by atoms with E-state index in [1.165, 1.54) is 0 Å². The van der Waals surface area contributed by atoms with Gasteiger partial charge in [-0.15, -0.1) is 11.3 Å². The van der Waals surface area contributed by atoms with Crippen LogP contribution in [-0.2, 0) is 16.0 Å². The Labute approximate surface area is 108 Å². The Kier molecular flexibility index (Phi) is 2.64. The van der Waals surface area contributed by atoms with Crippen molar-refractivity contribution in [3.63, 3.8) is 0 Å². The molecule has 1 fully saturated rings. The smallest absolute Gasteiger partial charge is 0.312 e. The van der Waals surface area contributed by atoms with Crippen LogP contribution in [0, 0.1) is 5.41 Å². The van der Waals surface area contributed by atoms with Crippen molar-refractivity contribution in [1.29, 1.82) is 0 Å². The minimum absolute atomic E-state index is 0.269. The highest BCUT2D eigenvalue weighted by Gasteiger charge is 2.48. The van der Waals surface area contributed by atoms with Crippen LogP contribution in [0.25, 0.3) is 4.96 Å². The minimum Gasteiger partial charge on any atom is -0.481 e. The van der Waals surface area contributed by atoms with Crippen molar-refractivity contribution in [2.24, 2.45) is 5.41 Å². The maximum Gasteiger partial charge on any atom is 0.312 e. The normalized spacial score (nSPS) is 27.9. The number of hydrogen-bond acceptors (Lipinski definition) is 4. The Balaban J connectivity index is 1.93. The zero-order chi connectivity index (χ0) is 12.8. The Morgan fingerprint density at radius 1 is 1.78 bits per heavy atom. The second kappa shape index (κ2) is 4.07. The number of nitrogens with zero attached hydrogens (tertiary/aromatic N) is 2. The molecule has 1 aliphatic heterocycles. The maximum absolute atomic E-state index is 11.6. The molecule has 6 heteroatoms. The average molecular weight is 266 g/mol. The van der Waals surface area contributed by atoms with E-state index in [2.05, 4.69) is 4.98 Å². The van der Waals surface area contributed by atoms with E-state index in [4.69, 9.17) is 4.74 Å². The van der Waals surface area contributed by atoms with E-state index in [1.54, 1.807) is 11.3 Å². The fourth-order valence-corrected chi connectivity index (χ4v) is 3.27. The summed E-state index contributed by atoms with van der Waals surface area (Å²) in [6, 6.07) is 0. The largest absolute Gasteiger partial charge is 0.481 e. The summed E-state index contributed by atoms with van der Waals surface area (Å²) in [7, 11) is 0. The number of rotatable bonds is 3. The third-order valence-electron chi connectivity index (χ3n) is 3.76. The second-order valence-corrected chi connectivity index (χ2v) is 5.60. The molecule has 0 spiro atoms. The summed E-state index contributed by atoms with van der Waals surface area (Å²) in [5.74, 6) is -0.788. The van der Waals surface area contributed by atoms with E-state index < -0.39 is 11.4 Å². The number of carboxylic acids is 1. The quantitative estimate of drug-likeness (QED) is 0.920. The molecule has 3 rings (SSSR count). The van der Waals surface area contributed by atoms with Gasteiger partial charge in [0.05, 0.1) is 11.8 Å². The van der Waals surface area contributed by atoms with Crippen LogP contribution in [-0.4, -0.2) is 33.2 Å². The highest BCUT2D eigenvalue weighted by molar-refractivity contribution is 7.15. The monoisotopic (exact) mass is 266 g/mol. The number of carbonyl (C=O) groups is 1. The van der Waals surface area contributed by atoms with Gasteiger partial charge in [0, 0.05) is 30.8 Å². The van der Waals surface area contributed by atoms with Crippen LogP contribution in [0.15, 0.2) is 17.8 Å². The fraction of sp³-hybridized carbons (Fsp3) is 0.500. The molecule has 0 bridgehead atoms. The van der Waals surface area contributed by atoms with Crippen molar-refractivity contribution >= 4 is 22.3 Å². The highest BCUT2D eigenvalue weighted by Crippen LogP contribution is 2.38. The standard InChI is InChI=1S/C12H14N2O3S/c1-8-12(10(15)16,2-4-17-8)6-9-7-14-3-5-18-11(14)13-9/h3,5,7-8H,2,4,6H2,1H3,(H,15,16). The van der Waals surface area contributed by atoms with Crippen molar-refractivity contribution in [2.45, 2.75) is 25.9 Å².